The number of fused-ring (bicyclic) bond motifs is 1. The van der Waals surface area contributed by atoms with Crippen LogP contribution >= 0.6 is 0 Å². The number of furan rings is 1. The number of nitrogens with zero attached hydrogens (tertiary/aromatic N) is 1. The predicted molar refractivity (Wildman–Crippen MR) is 89.8 cm³/mol. The molecule has 1 aliphatic rings. The van der Waals surface area contributed by atoms with Crippen molar-refractivity contribution >= 4 is 22.8 Å². The van der Waals surface area contributed by atoms with Gasteiger partial charge in [0.05, 0.1) is 6.10 Å². The summed E-state index contributed by atoms with van der Waals surface area (Å²) in [5.74, 6) is 0.753. The summed E-state index contributed by atoms with van der Waals surface area (Å²) >= 11 is 0. The van der Waals surface area contributed by atoms with Crippen LogP contribution in [0.25, 0.3) is 11.0 Å². The second kappa shape index (κ2) is 6.65. The van der Waals surface area contributed by atoms with Crippen molar-refractivity contribution in [3.05, 3.63) is 35.6 Å². The highest BCUT2D eigenvalue weighted by molar-refractivity contribution is 5.98. The summed E-state index contributed by atoms with van der Waals surface area (Å²) in [5.41, 5.74) is 1.40. The lowest BCUT2D eigenvalue weighted by molar-refractivity contribution is -0.122. The molecule has 2 aromatic rings. The van der Waals surface area contributed by atoms with E-state index in [1.54, 1.807) is 25.1 Å². The number of nitrogens with one attached hydrogen (secondary N) is 1. The highest BCUT2D eigenvalue weighted by Crippen LogP contribution is 2.26. The van der Waals surface area contributed by atoms with Crippen molar-refractivity contribution in [2.24, 2.45) is 5.92 Å². The van der Waals surface area contributed by atoms with Crippen LogP contribution in [0.15, 0.2) is 28.7 Å². The van der Waals surface area contributed by atoms with E-state index in [9.17, 15) is 9.59 Å². The number of benzene rings is 1. The molecule has 2 atom stereocenters. The Labute approximate surface area is 140 Å². The van der Waals surface area contributed by atoms with Crippen molar-refractivity contribution in [1.82, 2.24) is 10.2 Å². The Morgan fingerprint density at radius 1 is 1.33 bits per heavy atom. The molecule has 128 valence electrons. The first-order valence-electron chi connectivity index (χ1n) is 8.04. The summed E-state index contributed by atoms with van der Waals surface area (Å²) < 4.78 is 11.0. The first kappa shape index (κ1) is 16.5. The minimum Gasteiger partial charge on any atom is -0.461 e. The van der Waals surface area contributed by atoms with Crippen molar-refractivity contribution < 1.29 is 18.7 Å². The standard InChI is InChI=1S/C18H22N2O4/c1-11-6-13-7-12(4-5-15(13)24-11)18(22)20-9-14(8-17(21)19-2)16(10-20)23-3/h4-7,14,16H,8-10H2,1-3H3,(H,19,21)/t14-,16-/m0/s1. The molecule has 1 aromatic heterocycles. The second-order valence-electron chi connectivity index (χ2n) is 6.23. The molecule has 1 aromatic carbocycles. The fourth-order valence-corrected chi connectivity index (χ4v) is 3.30. The van der Waals surface area contributed by atoms with Crippen LogP contribution in [0, 0.1) is 12.8 Å². The fourth-order valence-electron chi connectivity index (χ4n) is 3.30. The highest BCUT2D eigenvalue weighted by atomic mass is 16.5. The van der Waals surface area contributed by atoms with Crippen LogP contribution in [0.5, 0.6) is 0 Å². The maximum Gasteiger partial charge on any atom is 0.253 e. The topological polar surface area (TPSA) is 71.8 Å². The van der Waals surface area contributed by atoms with Crippen LogP contribution in [0.1, 0.15) is 22.5 Å². The summed E-state index contributed by atoms with van der Waals surface area (Å²) in [6, 6.07) is 7.37. The van der Waals surface area contributed by atoms with Crippen LogP contribution in [0.3, 0.4) is 0 Å². The summed E-state index contributed by atoms with van der Waals surface area (Å²) in [4.78, 5) is 26.2. The van der Waals surface area contributed by atoms with Crippen molar-refractivity contribution in [1.29, 1.82) is 0 Å². The highest BCUT2D eigenvalue weighted by Gasteiger charge is 2.36. The monoisotopic (exact) mass is 330 g/mol. The number of likely N-dealkylation sites (tertiary alicyclic amines) is 1. The Balaban J connectivity index is 1.77. The SMILES string of the molecule is CNC(=O)C[C@H]1CN(C(=O)c2ccc3oc(C)cc3c2)C[C@@H]1OC. The van der Waals surface area contributed by atoms with E-state index in [4.69, 9.17) is 9.15 Å². The Morgan fingerprint density at radius 2 is 2.12 bits per heavy atom. The van der Waals surface area contributed by atoms with E-state index in [1.165, 1.54) is 0 Å². The summed E-state index contributed by atoms with van der Waals surface area (Å²) in [6.45, 7) is 2.90. The quantitative estimate of drug-likeness (QED) is 0.930. The van der Waals surface area contributed by atoms with Gasteiger partial charge in [-0.1, -0.05) is 0 Å². The van der Waals surface area contributed by atoms with Gasteiger partial charge in [-0.3, -0.25) is 9.59 Å². The van der Waals surface area contributed by atoms with Crippen molar-refractivity contribution in [2.45, 2.75) is 19.4 Å². The zero-order valence-corrected chi connectivity index (χ0v) is 14.2. The van der Waals surface area contributed by atoms with Gasteiger partial charge in [0.25, 0.3) is 5.91 Å². The zero-order valence-electron chi connectivity index (χ0n) is 14.2. The molecule has 0 saturated carbocycles. The van der Waals surface area contributed by atoms with Crippen molar-refractivity contribution in [3.8, 4) is 0 Å². The van der Waals surface area contributed by atoms with Crippen LogP contribution in [-0.4, -0.2) is 50.1 Å². The Kier molecular flexibility index (Phi) is 4.57. The molecule has 6 nitrogen and oxygen atoms in total. The average Bonchev–Trinajstić information content (AvgIpc) is 3.15. The number of methoxy groups -OCH3 is 1. The summed E-state index contributed by atoms with van der Waals surface area (Å²) in [6.07, 6.45) is 0.241. The van der Waals surface area contributed by atoms with Gasteiger partial charge in [0, 0.05) is 50.5 Å². The van der Waals surface area contributed by atoms with Crippen LogP contribution < -0.4 is 5.32 Å². The third kappa shape index (κ3) is 3.14. The molecular formula is C18H22N2O4. The van der Waals surface area contributed by atoms with Gasteiger partial charge in [-0.05, 0) is 31.2 Å². The number of hydrogen-bond donors (Lipinski definition) is 1. The first-order valence-corrected chi connectivity index (χ1v) is 8.04. The number of hydrogen-bond acceptors (Lipinski definition) is 4. The molecule has 0 aliphatic carbocycles. The van der Waals surface area contributed by atoms with E-state index in [1.807, 2.05) is 25.1 Å². The lowest BCUT2D eigenvalue weighted by atomic mass is 10.0. The fraction of sp³-hybridized carbons (Fsp3) is 0.444. The van der Waals surface area contributed by atoms with E-state index in [0.717, 1.165) is 16.7 Å². The number of aryl methyl sites for hydroxylation is 1. The molecule has 1 fully saturated rings. The number of amides is 2. The summed E-state index contributed by atoms with van der Waals surface area (Å²) in [7, 11) is 3.24. The molecule has 24 heavy (non-hydrogen) atoms. The van der Waals surface area contributed by atoms with Crippen molar-refractivity contribution in [3.63, 3.8) is 0 Å². The smallest absolute Gasteiger partial charge is 0.253 e. The number of rotatable bonds is 4. The van der Waals surface area contributed by atoms with E-state index in [-0.39, 0.29) is 23.8 Å². The minimum atomic E-state index is -0.119. The Bertz CT molecular complexity index is 767. The van der Waals surface area contributed by atoms with Gasteiger partial charge in [-0.25, -0.2) is 0 Å². The van der Waals surface area contributed by atoms with Gasteiger partial charge in [0.2, 0.25) is 5.91 Å². The van der Waals surface area contributed by atoms with E-state index in [0.29, 0.717) is 25.1 Å². The molecule has 1 saturated heterocycles. The molecule has 0 spiro atoms. The van der Waals surface area contributed by atoms with Gasteiger partial charge in [0.15, 0.2) is 0 Å². The second-order valence-corrected chi connectivity index (χ2v) is 6.23. The molecule has 1 aliphatic heterocycles. The molecule has 3 rings (SSSR count). The van der Waals surface area contributed by atoms with Gasteiger partial charge >= 0.3 is 0 Å². The van der Waals surface area contributed by atoms with Crippen LogP contribution in [0.4, 0.5) is 0 Å². The lowest BCUT2D eigenvalue weighted by Gasteiger charge is -2.16. The molecule has 0 radical (unpaired) electrons. The van der Waals surface area contributed by atoms with Crippen LogP contribution in [-0.2, 0) is 9.53 Å². The molecule has 1 N–H and O–H groups in total. The number of carbonyl (C=O) groups is 2. The lowest BCUT2D eigenvalue weighted by Crippen LogP contribution is -2.29. The van der Waals surface area contributed by atoms with E-state index >= 15 is 0 Å². The molecular weight excluding hydrogens is 308 g/mol. The Hall–Kier alpha value is -2.34. The van der Waals surface area contributed by atoms with Gasteiger partial charge in [0.1, 0.15) is 11.3 Å². The Morgan fingerprint density at radius 3 is 2.83 bits per heavy atom. The number of carbonyl (C=O) groups excluding carboxylic acids is 2. The first-order chi connectivity index (χ1) is 11.5. The normalized spacial score (nSPS) is 20.5. The molecule has 2 heterocycles. The average molecular weight is 330 g/mol. The molecule has 2 amide bonds. The van der Waals surface area contributed by atoms with E-state index in [2.05, 4.69) is 5.32 Å². The maximum atomic E-state index is 12.8. The zero-order chi connectivity index (χ0) is 17.3. The molecule has 0 bridgehead atoms. The number of ether oxygens (including phenoxy) is 1. The third-order valence-corrected chi connectivity index (χ3v) is 4.58. The molecule has 0 unspecified atom stereocenters. The van der Waals surface area contributed by atoms with Gasteiger partial charge in [-0.2, -0.15) is 0 Å². The largest absolute Gasteiger partial charge is 0.461 e. The van der Waals surface area contributed by atoms with Crippen molar-refractivity contribution in [2.75, 3.05) is 27.2 Å². The third-order valence-electron chi connectivity index (χ3n) is 4.58. The van der Waals surface area contributed by atoms with Gasteiger partial charge in [-0.15, -0.1) is 0 Å². The van der Waals surface area contributed by atoms with Gasteiger partial charge < -0.3 is 19.4 Å². The predicted octanol–water partition coefficient (Wildman–Crippen LogP) is 1.96. The van der Waals surface area contributed by atoms with Crippen LogP contribution in [0.2, 0.25) is 0 Å². The molecule has 6 heteroatoms. The van der Waals surface area contributed by atoms with E-state index < -0.39 is 0 Å². The minimum absolute atomic E-state index is 0.0128. The maximum absolute atomic E-state index is 12.8. The summed E-state index contributed by atoms with van der Waals surface area (Å²) in [5, 5.41) is 3.55.